The Morgan fingerprint density at radius 2 is 2.21 bits per heavy atom. The van der Waals surface area contributed by atoms with Gasteiger partial charge in [-0.05, 0) is 24.5 Å². The standard InChI is InChI=1S/C12H14BFN2O3/c1-9-15-4-5-16(9)6-7-19-12-8-10(13(17)18)2-3-11(12)14/h2-5,8,17-18H,6-7H2,1H3. The predicted molar refractivity (Wildman–Crippen MR) is 68.7 cm³/mol. The molecule has 5 nitrogen and oxygen atoms in total. The number of aromatic nitrogens is 2. The van der Waals surface area contributed by atoms with Crippen LogP contribution in [0, 0.1) is 12.7 Å². The highest BCUT2D eigenvalue weighted by Crippen LogP contribution is 2.14. The first-order chi connectivity index (χ1) is 9.08. The Hall–Kier alpha value is -1.86. The monoisotopic (exact) mass is 264 g/mol. The molecule has 100 valence electrons. The molecule has 0 aliphatic rings. The van der Waals surface area contributed by atoms with Crippen molar-refractivity contribution in [3.63, 3.8) is 0 Å². The van der Waals surface area contributed by atoms with Gasteiger partial charge in [0.25, 0.3) is 0 Å². The van der Waals surface area contributed by atoms with Crippen molar-refractivity contribution in [3.8, 4) is 5.75 Å². The van der Waals surface area contributed by atoms with E-state index in [9.17, 15) is 4.39 Å². The summed E-state index contributed by atoms with van der Waals surface area (Å²) in [4.78, 5) is 4.06. The third kappa shape index (κ3) is 3.33. The van der Waals surface area contributed by atoms with Crippen LogP contribution in [0.25, 0.3) is 0 Å². The van der Waals surface area contributed by atoms with Crippen LogP contribution in [-0.4, -0.2) is 33.3 Å². The zero-order valence-electron chi connectivity index (χ0n) is 10.5. The van der Waals surface area contributed by atoms with E-state index in [1.807, 2.05) is 17.7 Å². The summed E-state index contributed by atoms with van der Waals surface area (Å²) in [6.07, 6.45) is 3.49. The van der Waals surface area contributed by atoms with Crippen LogP contribution in [-0.2, 0) is 6.54 Å². The molecule has 0 fully saturated rings. The minimum absolute atomic E-state index is 0.00312. The highest BCUT2D eigenvalue weighted by Gasteiger charge is 2.14. The quantitative estimate of drug-likeness (QED) is 0.751. The van der Waals surface area contributed by atoms with Gasteiger partial charge in [0.1, 0.15) is 12.4 Å². The molecule has 2 rings (SSSR count). The molecular formula is C12H14BFN2O3. The van der Waals surface area contributed by atoms with Gasteiger partial charge in [0.2, 0.25) is 0 Å². The number of ether oxygens (including phenoxy) is 1. The fraction of sp³-hybridized carbons (Fsp3) is 0.250. The first-order valence-electron chi connectivity index (χ1n) is 5.84. The van der Waals surface area contributed by atoms with Crippen LogP contribution in [0.4, 0.5) is 4.39 Å². The van der Waals surface area contributed by atoms with Crippen LogP contribution in [0.2, 0.25) is 0 Å². The topological polar surface area (TPSA) is 67.5 Å². The van der Waals surface area contributed by atoms with Crippen LogP contribution >= 0.6 is 0 Å². The molecular weight excluding hydrogens is 250 g/mol. The second kappa shape index (κ2) is 5.86. The van der Waals surface area contributed by atoms with Crippen molar-refractivity contribution in [2.75, 3.05) is 6.61 Å². The highest BCUT2D eigenvalue weighted by atomic mass is 19.1. The van der Waals surface area contributed by atoms with Crippen LogP contribution in [0.1, 0.15) is 5.82 Å². The van der Waals surface area contributed by atoms with Gasteiger partial charge in [-0.3, -0.25) is 0 Å². The van der Waals surface area contributed by atoms with E-state index in [2.05, 4.69) is 4.98 Å². The molecule has 0 spiro atoms. The van der Waals surface area contributed by atoms with E-state index in [0.29, 0.717) is 6.54 Å². The van der Waals surface area contributed by atoms with E-state index in [4.69, 9.17) is 14.8 Å². The largest absolute Gasteiger partial charge is 0.489 e. The van der Waals surface area contributed by atoms with Gasteiger partial charge in [-0.25, -0.2) is 9.37 Å². The lowest BCUT2D eigenvalue weighted by Crippen LogP contribution is -2.30. The molecule has 0 amide bonds. The third-order valence-electron chi connectivity index (χ3n) is 2.77. The van der Waals surface area contributed by atoms with Gasteiger partial charge in [-0.2, -0.15) is 0 Å². The van der Waals surface area contributed by atoms with Crippen LogP contribution in [0.5, 0.6) is 5.75 Å². The summed E-state index contributed by atoms with van der Waals surface area (Å²) >= 11 is 0. The molecule has 2 aromatic rings. The van der Waals surface area contributed by atoms with Gasteiger partial charge in [-0.15, -0.1) is 0 Å². The Morgan fingerprint density at radius 1 is 1.42 bits per heavy atom. The molecule has 1 aromatic carbocycles. The van der Waals surface area contributed by atoms with Crippen molar-refractivity contribution in [3.05, 3.63) is 42.2 Å². The number of halogens is 1. The van der Waals surface area contributed by atoms with Gasteiger partial charge in [-0.1, -0.05) is 6.07 Å². The van der Waals surface area contributed by atoms with Crippen LogP contribution in [0.15, 0.2) is 30.6 Å². The molecule has 0 bridgehead atoms. The molecule has 0 saturated heterocycles. The summed E-state index contributed by atoms with van der Waals surface area (Å²) in [6, 6.07) is 3.72. The van der Waals surface area contributed by atoms with Crippen molar-refractivity contribution in [1.29, 1.82) is 0 Å². The van der Waals surface area contributed by atoms with E-state index >= 15 is 0 Å². The smallest absolute Gasteiger partial charge is 0.488 e. The molecule has 0 radical (unpaired) electrons. The van der Waals surface area contributed by atoms with Crippen molar-refractivity contribution >= 4 is 12.6 Å². The molecule has 1 heterocycles. The second-order valence-corrected chi connectivity index (χ2v) is 4.08. The zero-order chi connectivity index (χ0) is 13.8. The summed E-state index contributed by atoms with van der Waals surface area (Å²) < 4.78 is 20.7. The molecule has 2 N–H and O–H groups in total. The van der Waals surface area contributed by atoms with E-state index in [1.165, 1.54) is 12.1 Å². The Kier molecular flexibility index (Phi) is 4.18. The molecule has 0 unspecified atom stereocenters. The Labute approximate surface area is 110 Å². The molecule has 0 aliphatic heterocycles. The summed E-state index contributed by atoms with van der Waals surface area (Å²) in [5.74, 6) is 0.318. The maximum absolute atomic E-state index is 13.5. The Bertz CT molecular complexity index is 560. The zero-order valence-corrected chi connectivity index (χ0v) is 10.5. The number of hydrogen-bond donors (Lipinski definition) is 2. The molecule has 7 heteroatoms. The molecule has 1 aromatic heterocycles. The third-order valence-corrected chi connectivity index (χ3v) is 2.77. The van der Waals surface area contributed by atoms with Crippen molar-refractivity contribution in [2.24, 2.45) is 0 Å². The molecule has 19 heavy (non-hydrogen) atoms. The highest BCUT2D eigenvalue weighted by molar-refractivity contribution is 6.58. The number of benzene rings is 1. The van der Waals surface area contributed by atoms with Gasteiger partial charge in [0, 0.05) is 12.4 Å². The SMILES string of the molecule is Cc1nccn1CCOc1cc(B(O)O)ccc1F. The van der Waals surface area contributed by atoms with Crippen molar-refractivity contribution in [1.82, 2.24) is 9.55 Å². The average molecular weight is 264 g/mol. The number of nitrogens with zero attached hydrogens (tertiary/aromatic N) is 2. The van der Waals surface area contributed by atoms with E-state index in [0.717, 1.165) is 11.9 Å². The van der Waals surface area contributed by atoms with Crippen LogP contribution < -0.4 is 10.2 Å². The van der Waals surface area contributed by atoms with Gasteiger partial charge in [0.15, 0.2) is 11.6 Å². The van der Waals surface area contributed by atoms with E-state index in [1.54, 1.807) is 6.20 Å². The Balaban J connectivity index is 1.99. The van der Waals surface area contributed by atoms with Gasteiger partial charge < -0.3 is 19.4 Å². The second-order valence-electron chi connectivity index (χ2n) is 4.08. The minimum Gasteiger partial charge on any atom is -0.489 e. The van der Waals surface area contributed by atoms with Crippen molar-refractivity contribution in [2.45, 2.75) is 13.5 Å². The maximum Gasteiger partial charge on any atom is 0.488 e. The van der Waals surface area contributed by atoms with Crippen molar-refractivity contribution < 1.29 is 19.2 Å². The molecule has 0 saturated carbocycles. The first-order valence-corrected chi connectivity index (χ1v) is 5.84. The van der Waals surface area contributed by atoms with Gasteiger partial charge in [0.05, 0.1) is 6.54 Å². The Morgan fingerprint density at radius 3 is 2.84 bits per heavy atom. The number of imidazole rings is 1. The lowest BCUT2D eigenvalue weighted by atomic mass is 9.80. The fourth-order valence-electron chi connectivity index (χ4n) is 1.69. The molecule has 0 aliphatic carbocycles. The van der Waals surface area contributed by atoms with Gasteiger partial charge >= 0.3 is 7.12 Å². The number of rotatable bonds is 5. The van der Waals surface area contributed by atoms with E-state index in [-0.39, 0.29) is 17.8 Å². The molecule has 0 atom stereocenters. The summed E-state index contributed by atoms with van der Waals surface area (Å²) in [5, 5.41) is 18.0. The lowest BCUT2D eigenvalue weighted by molar-refractivity contribution is 0.283. The van der Waals surface area contributed by atoms with Crippen LogP contribution in [0.3, 0.4) is 0 Å². The summed E-state index contributed by atoms with van der Waals surface area (Å²) in [7, 11) is -1.64. The number of hydrogen-bond acceptors (Lipinski definition) is 4. The normalized spacial score (nSPS) is 10.5. The maximum atomic E-state index is 13.5. The fourth-order valence-corrected chi connectivity index (χ4v) is 1.69. The minimum atomic E-state index is -1.64. The average Bonchev–Trinajstić information content (AvgIpc) is 2.77. The summed E-state index contributed by atoms with van der Waals surface area (Å²) in [6.45, 7) is 2.67. The first kappa shape index (κ1) is 13.6. The predicted octanol–water partition coefficient (Wildman–Crippen LogP) is 0.0894. The van der Waals surface area contributed by atoms with E-state index < -0.39 is 12.9 Å². The lowest BCUT2D eigenvalue weighted by Gasteiger charge is -2.10. The number of aryl methyl sites for hydroxylation is 1. The summed E-state index contributed by atoms with van der Waals surface area (Å²) in [5.41, 5.74) is 0.190.